The number of aromatic hydroxyl groups is 2. The summed E-state index contributed by atoms with van der Waals surface area (Å²) < 4.78 is 10.8. The smallest absolute Gasteiger partial charge is 0.305 e. The van der Waals surface area contributed by atoms with E-state index in [2.05, 4.69) is 13.8 Å². The van der Waals surface area contributed by atoms with E-state index in [1.54, 1.807) is 12.1 Å². The van der Waals surface area contributed by atoms with Crippen molar-refractivity contribution in [3.63, 3.8) is 0 Å². The van der Waals surface area contributed by atoms with Crippen molar-refractivity contribution >= 4 is 11.9 Å². The third-order valence-corrected chi connectivity index (χ3v) is 8.46. The Morgan fingerprint density at radius 2 is 0.905 bits per heavy atom. The number of carbonyl (C=O) groups is 2. The van der Waals surface area contributed by atoms with Gasteiger partial charge in [-0.1, -0.05) is 106 Å². The van der Waals surface area contributed by atoms with Crippen LogP contribution >= 0.6 is 0 Å². The maximum atomic E-state index is 12.2. The molecule has 6 heteroatoms. The van der Waals surface area contributed by atoms with E-state index in [9.17, 15) is 19.8 Å². The normalized spacial score (nSPS) is 12.0. The van der Waals surface area contributed by atoms with Gasteiger partial charge in [-0.25, -0.2) is 0 Å². The lowest BCUT2D eigenvalue weighted by molar-refractivity contribution is -0.144. The van der Waals surface area contributed by atoms with Crippen molar-refractivity contribution in [2.24, 2.45) is 0 Å². The maximum Gasteiger partial charge on any atom is 0.305 e. The summed E-state index contributed by atoms with van der Waals surface area (Å²) in [6.07, 6.45) is 17.2. The predicted molar refractivity (Wildman–Crippen MR) is 172 cm³/mol. The molecule has 1 rings (SSSR count). The van der Waals surface area contributed by atoms with E-state index < -0.39 is 10.8 Å². The van der Waals surface area contributed by atoms with Crippen molar-refractivity contribution < 1.29 is 29.3 Å². The molecule has 0 aromatic heterocycles. The van der Waals surface area contributed by atoms with Gasteiger partial charge in [-0.2, -0.15) is 0 Å². The lowest BCUT2D eigenvalue weighted by Crippen LogP contribution is -2.21. The molecule has 0 aliphatic rings. The first-order chi connectivity index (χ1) is 19.9. The highest BCUT2D eigenvalue weighted by Gasteiger charge is 2.30. The molecule has 1 aromatic rings. The van der Waals surface area contributed by atoms with Gasteiger partial charge in [-0.15, -0.1) is 0 Å². The number of hydrogen-bond donors (Lipinski definition) is 2. The van der Waals surface area contributed by atoms with E-state index in [1.165, 1.54) is 51.4 Å². The standard InChI is InChI=1S/C36H62O6/c1-7-9-11-13-15-17-25-41-33(39)21-19-23-35(3,4)29-27-32(38)30(28-31(29)37)36(5,6)24-20-22-34(40)42-26-18-16-14-12-10-8-2/h27-28,37-38H,7-26H2,1-6H3. The number of rotatable bonds is 24. The van der Waals surface area contributed by atoms with Crippen LogP contribution in [0.3, 0.4) is 0 Å². The zero-order valence-electron chi connectivity index (χ0n) is 27.8. The molecule has 0 radical (unpaired) electrons. The van der Waals surface area contributed by atoms with Crippen molar-refractivity contribution in [1.82, 2.24) is 0 Å². The fraction of sp³-hybridized carbons (Fsp3) is 0.778. The van der Waals surface area contributed by atoms with Crippen LogP contribution < -0.4 is 0 Å². The number of unbranched alkanes of at least 4 members (excludes halogenated alkanes) is 10. The molecule has 0 spiro atoms. The topological polar surface area (TPSA) is 93.1 Å². The van der Waals surface area contributed by atoms with E-state index in [-0.39, 0.29) is 23.4 Å². The second-order valence-electron chi connectivity index (χ2n) is 13.3. The molecule has 242 valence electrons. The molecule has 2 N–H and O–H groups in total. The molecule has 0 fully saturated rings. The Morgan fingerprint density at radius 3 is 1.26 bits per heavy atom. The molecule has 0 heterocycles. The summed E-state index contributed by atoms with van der Waals surface area (Å²) in [6, 6.07) is 3.33. The highest BCUT2D eigenvalue weighted by Crippen LogP contribution is 2.43. The largest absolute Gasteiger partial charge is 0.508 e. The van der Waals surface area contributed by atoms with E-state index in [0.29, 0.717) is 62.9 Å². The van der Waals surface area contributed by atoms with Crippen LogP contribution in [-0.2, 0) is 29.9 Å². The molecule has 0 saturated heterocycles. The number of esters is 2. The first-order valence-electron chi connectivity index (χ1n) is 16.8. The SMILES string of the molecule is CCCCCCCCOC(=O)CCCC(C)(C)c1cc(O)c(C(C)(C)CCCC(=O)OCCCCCCCC)cc1O. The highest BCUT2D eigenvalue weighted by atomic mass is 16.5. The van der Waals surface area contributed by atoms with Crippen LogP contribution in [0, 0.1) is 0 Å². The predicted octanol–water partition coefficient (Wildman–Crippen LogP) is 9.80. The zero-order valence-corrected chi connectivity index (χ0v) is 27.8. The monoisotopic (exact) mass is 590 g/mol. The van der Waals surface area contributed by atoms with Crippen molar-refractivity contribution in [2.45, 2.75) is 168 Å². The van der Waals surface area contributed by atoms with Crippen molar-refractivity contribution in [2.75, 3.05) is 13.2 Å². The van der Waals surface area contributed by atoms with Gasteiger partial charge in [0, 0.05) is 24.0 Å². The molecule has 0 atom stereocenters. The number of ether oxygens (including phenoxy) is 2. The second kappa shape index (κ2) is 20.6. The lowest BCUT2D eigenvalue weighted by atomic mass is 9.75. The Labute approximate surface area is 257 Å². The van der Waals surface area contributed by atoms with Gasteiger partial charge >= 0.3 is 11.9 Å². The average molecular weight is 591 g/mol. The zero-order chi connectivity index (χ0) is 31.4. The Kier molecular flexibility index (Phi) is 18.6. The van der Waals surface area contributed by atoms with Crippen molar-refractivity contribution in [3.8, 4) is 11.5 Å². The number of carbonyl (C=O) groups excluding carboxylic acids is 2. The molecule has 0 unspecified atom stereocenters. The molecular formula is C36H62O6. The van der Waals surface area contributed by atoms with Gasteiger partial charge in [0.15, 0.2) is 0 Å². The fourth-order valence-electron chi connectivity index (χ4n) is 5.56. The first-order valence-corrected chi connectivity index (χ1v) is 16.8. The first kappa shape index (κ1) is 37.8. The van der Waals surface area contributed by atoms with Crippen LogP contribution in [0.4, 0.5) is 0 Å². The van der Waals surface area contributed by atoms with Crippen molar-refractivity contribution in [3.05, 3.63) is 23.3 Å². The minimum atomic E-state index is -0.427. The van der Waals surface area contributed by atoms with Crippen LogP contribution in [0.15, 0.2) is 12.1 Å². The number of hydrogen-bond acceptors (Lipinski definition) is 6. The Hall–Kier alpha value is -2.24. The summed E-state index contributed by atoms with van der Waals surface area (Å²) in [5.41, 5.74) is 0.476. The molecule has 1 aromatic carbocycles. The number of phenolic OH excluding ortho intramolecular Hbond substituents is 2. The van der Waals surface area contributed by atoms with E-state index >= 15 is 0 Å². The lowest BCUT2D eigenvalue weighted by Gasteiger charge is -2.30. The summed E-state index contributed by atoms with van der Waals surface area (Å²) in [5, 5.41) is 21.9. The third kappa shape index (κ3) is 15.3. The van der Waals surface area contributed by atoms with E-state index in [1.807, 2.05) is 27.7 Å². The minimum absolute atomic E-state index is 0.143. The van der Waals surface area contributed by atoms with Gasteiger partial charge in [-0.3, -0.25) is 9.59 Å². The molecule has 0 saturated carbocycles. The van der Waals surface area contributed by atoms with Gasteiger partial charge in [0.1, 0.15) is 11.5 Å². The minimum Gasteiger partial charge on any atom is -0.508 e. The van der Waals surface area contributed by atoms with E-state index in [0.717, 1.165) is 25.7 Å². The molecule has 0 aliphatic heterocycles. The quantitative estimate of drug-likeness (QED) is 0.0707. The fourth-order valence-corrected chi connectivity index (χ4v) is 5.56. The maximum absolute atomic E-state index is 12.2. The van der Waals surface area contributed by atoms with Crippen LogP contribution in [-0.4, -0.2) is 35.4 Å². The highest BCUT2D eigenvalue weighted by molar-refractivity contribution is 5.69. The van der Waals surface area contributed by atoms with Crippen molar-refractivity contribution in [1.29, 1.82) is 0 Å². The average Bonchev–Trinajstić information content (AvgIpc) is 2.92. The number of phenols is 2. The molecule has 42 heavy (non-hydrogen) atoms. The van der Waals surface area contributed by atoms with Gasteiger partial charge in [-0.05, 0) is 61.5 Å². The summed E-state index contributed by atoms with van der Waals surface area (Å²) in [6.45, 7) is 13.4. The van der Waals surface area contributed by atoms with Crippen LogP contribution in [0.5, 0.6) is 11.5 Å². The summed E-state index contributed by atoms with van der Waals surface area (Å²) in [5.74, 6) is -0.0561. The van der Waals surface area contributed by atoms with Gasteiger partial charge in [0.2, 0.25) is 0 Å². The molecule has 6 nitrogen and oxygen atoms in total. The Morgan fingerprint density at radius 1 is 0.571 bits per heavy atom. The van der Waals surface area contributed by atoms with Gasteiger partial charge in [0.25, 0.3) is 0 Å². The summed E-state index contributed by atoms with van der Waals surface area (Å²) in [4.78, 5) is 24.3. The Balaban J connectivity index is 2.51. The van der Waals surface area contributed by atoms with E-state index in [4.69, 9.17) is 9.47 Å². The van der Waals surface area contributed by atoms with Gasteiger partial charge in [0.05, 0.1) is 13.2 Å². The second-order valence-corrected chi connectivity index (χ2v) is 13.3. The van der Waals surface area contributed by atoms with Crippen LogP contribution in [0.1, 0.15) is 168 Å². The molecular weight excluding hydrogens is 528 g/mol. The molecule has 0 amide bonds. The summed E-state index contributed by atoms with van der Waals surface area (Å²) >= 11 is 0. The van der Waals surface area contributed by atoms with Crippen LogP contribution in [0.25, 0.3) is 0 Å². The third-order valence-electron chi connectivity index (χ3n) is 8.46. The number of benzene rings is 1. The molecule has 0 aliphatic carbocycles. The summed E-state index contributed by atoms with van der Waals surface area (Å²) in [7, 11) is 0. The molecule has 0 bridgehead atoms. The van der Waals surface area contributed by atoms with Crippen LogP contribution in [0.2, 0.25) is 0 Å². The Bertz CT molecular complexity index is 831. The van der Waals surface area contributed by atoms with Gasteiger partial charge < -0.3 is 19.7 Å².